The summed E-state index contributed by atoms with van der Waals surface area (Å²) in [4.78, 5) is 10.8. The highest BCUT2D eigenvalue weighted by Gasteiger charge is 2.29. The molecule has 2 aromatic rings. The molecule has 0 radical (unpaired) electrons. The normalized spacial score (nSPS) is 11.2. The third-order valence-corrected chi connectivity index (χ3v) is 3.75. The first-order valence-electron chi connectivity index (χ1n) is 6.75. The van der Waals surface area contributed by atoms with E-state index in [4.69, 9.17) is 11.6 Å². The number of rotatable bonds is 3. The number of hydrogen-bond donors (Lipinski definition) is 0. The van der Waals surface area contributed by atoms with Gasteiger partial charge in [0.1, 0.15) is 5.69 Å². The molecule has 0 saturated heterocycles. The summed E-state index contributed by atoms with van der Waals surface area (Å²) in [5.41, 5.74) is 4.22. The van der Waals surface area contributed by atoms with Crippen LogP contribution in [0, 0.1) is 30.9 Å². The highest BCUT2D eigenvalue weighted by Crippen LogP contribution is 2.36. The van der Waals surface area contributed by atoms with Gasteiger partial charge in [-0.2, -0.15) is 5.10 Å². The van der Waals surface area contributed by atoms with Crippen molar-refractivity contribution < 1.29 is 4.92 Å². The molecule has 0 bridgehead atoms. The summed E-state index contributed by atoms with van der Waals surface area (Å²) in [5, 5.41) is 15.7. The van der Waals surface area contributed by atoms with Gasteiger partial charge in [0, 0.05) is 5.92 Å². The van der Waals surface area contributed by atoms with Gasteiger partial charge in [0.15, 0.2) is 0 Å². The summed E-state index contributed by atoms with van der Waals surface area (Å²) < 4.78 is 1.49. The van der Waals surface area contributed by atoms with E-state index in [1.807, 2.05) is 46.8 Å². The van der Waals surface area contributed by atoms with Crippen LogP contribution in [0.1, 0.15) is 42.1 Å². The van der Waals surface area contributed by atoms with Gasteiger partial charge < -0.3 is 0 Å². The number of hydrogen-bond acceptors (Lipinski definition) is 3. The first-order valence-corrected chi connectivity index (χ1v) is 7.12. The molecule has 112 valence electrons. The lowest BCUT2D eigenvalue weighted by Crippen LogP contribution is -2.03. The fraction of sp³-hybridized carbons (Fsp3) is 0.400. The monoisotopic (exact) mass is 307 g/mol. The second kappa shape index (κ2) is 5.48. The van der Waals surface area contributed by atoms with Crippen molar-refractivity contribution in [3.8, 4) is 5.69 Å². The second-order valence-electron chi connectivity index (χ2n) is 5.60. The van der Waals surface area contributed by atoms with Crippen molar-refractivity contribution in [3.05, 3.63) is 49.8 Å². The molecular formula is C15H18ClN3O2. The topological polar surface area (TPSA) is 61.0 Å². The Morgan fingerprint density at radius 2 is 1.76 bits per heavy atom. The molecule has 5 nitrogen and oxygen atoms in total. The number of aryl methyl sites for hydroxylation is 3. The first-order chi connectivity index (χ1) is 9.73. The molecule has 0 unspecified atom stereocenters. The molecule has 21 heavy (non-hydrogen) atoms. The maximum atomic E-state index is 11.3. The molecule has 1 aromatic carbocycles. The zero-order chi connectivity index (χ0) is 15.9. The van der Waals surface area contributed by atoms with E-state index in [9.17, 15) is 10.1 Å². The highest BCUT2D eigenvalue weighted by atomic mass is 35.5. The van der Waals surface area contributed by atoms with Gasteiger partial charge >= 0.3 is 5.69 Å². The van der Waals surface area contributed by atoms with Crippen LogP contribution in [0.25, 0.3) is 5.69 Å². The maximum absolute atomic E-state index is 11.3. The summed E-state index contributed by atoms with van der Waals surface area (Å²) in [6.07, 6.45) is 0. The van der Waals surface area contributed by atoms with Gasteiger partial charge in [0.05, 0.1) is 10.6 Å². The smallest absolute Gasteiger partial charge is 0.258 e. The molecule has 0 aliphatic heterocycles. The van der Waals surface area contributed by atoms with E-state index in [-0.39, 0.29) is 16.8 Å². The van der Waals surface area contributed by atoms with Crippen LogP contribution in [-0.2, 0) is 0 Å². The van der Waals surface area contributed by atoms with Crippen molar-refractivity contribution in [2.24, 2.45) is 0 Å². The van der Waals surface area contributed by atoms with Gasteiger partial charge in [-0.3, -0.25) is 10.1 Å². The largest absolute Gasteiger partial charge is 0.329 e. The van der Waals surface area contributed by atoms with Gasteiger partial charge in [0.25, 0.3) is 0 Å². The molecule has 0 fully saturated rings. The van der Waals surface area contributed by atoms with Gasteiger partial charge in [0.2, 0.25) is 5.15 Å². The van der Waals surface area contributed by atoms with E-state index in [0.717, 1.165) is 22.4 Å². The van der Waals surface area contributed by atoms with E-state index >= 15 is 0 Å². The highest BCUT2D eigenvalue weighted by molar-refractivity contribution is 6.32. The fourth-order valence-corrected chi connectivity index (χ4v) is 2.91. The number of benzene rings is 1. The molecule has 0 N–H and O–H groups in total. The van der Waals surface area contributed by atoms with Crippen LogP contribution >= 0.6 is 11.6 Å². The molecule has 0 amide bonds. The van der Waals surface area contributed by atoms with E-state index < -0.39 is 4.92 Å². The predicted octanol–water partition coefficient (Wildman–Crippen LogP) is 4.48. The number of aromatic nitrogens is 2. The predicted molar refractivity (Wildman–Crippen MR) is 83.5 cm³/mol. The van der Waals surface area contributed by atoms with Crippen molar-refractivity contribution in [1.82, 2.24) is 9.78 Å². The second-order valence-corrected chi connectivity index (χ2v) is 5.95. The molecule has 0 atom stereocenters. The maximum Gasteiger partial charge on any atom is 0.329 e. The summed E-state index contributed by atoms with van der Waals surface area (Å²) >= 11 is 6.25. The van der Waals surface area contributed by atoms with Crippen LogP contribution < -0.4 is 0 Å². The standard InChI is InChI=1S/C15H18ClN3O2/c1-8(2)12-14(19(20)21)15(16)18(17-12)13-10(4)6-9(3)7-11(13)5/h6-8H,1-5H3. The van der Waals surface area contributed by atoms with Crippen molar-refractivity contribution in [2.75, 3.05) is 0 Å². The van der Waals surface area contributed by atoms with E-state index in [1.54, 1.807) is 0 Å². The van der Waals surface area contributed by atoms with E-state index in [0.29, 0.717) is 5.69 Å². The van der Waals surface area contributed by atoms with Crippen molar-refractivity contribution in [3.63, 3.8) is 0 Å². The summed E-state index contributed by atoms with van der Waals surface area (Å²) in [7, 11) is 0. The van der Waals surface area contributed by atoms with Crippen molar-refractivity contribution in [1.29, 1.82) is 0 Å². The fourth-order valence-electron chi connectivity index (χ4n) is 2.62. The minimum absolute atomic E-state index is 0.0544. The minimum atomic E-state index is -0.458. The molecule has 0 aliphatic rings. The summed E-state index contributed by atoms with van der Waals surface area (Å²) in [5.74, 6) is -0.0739. The molecule has 6 heteroatoms. The molecule has 0 spiro atoms. The number of halogens is 1. The Morgan fingerprint density at radius 3 is 2.14 bits per heavy atom. The van der Waals surface area contributed by atoms with Crippen LogP contribution in [0.15, 0.2) is 12.1 Å². The van der Waals surface area contributed by atoms with Gasteiger partial charge in [-0.15, -0.1) is 0 Å². The van der Waals surface area contributed by atoms with Crippen LogP contribution in [0.3, 0.4) is 0 Å². The number of nitrogens with zero attached hydrogens (tertiary/aromatic N) is 3. The quantitative estimate of drug-likeness (QED) is 0.620. The Bertz CT molecular complexity index is 697. The van der Waals surface area contributed by atoms with Crippen LogP contribution in [-0.4, -0.2) is 14.7 Å². The van der Waals surface area contributed by atoms with Crippen molar-refractivity contribution in [2.45, 2.75) is 40.5 Å². The molecule has 0 aliphatic carbocycles. The van der Waals surface area contributed by atoms with Crippen LogP contribution in [0.4, 0.5) is 5.69 Å². The third kappa shape index (κ3) is 2.65. The molecular weight excluding hydrogens is 290 g/mol. The lowest BCUT2D eigenvalue weighted by Gasteiger charge is -2.11. The molecule has 1 heterocycles. The number of nitro groups is 1. The van der Waals surface area contributed by atoms with Crippen molar-refractivity contribution >= 4 is 17.3 Å². The van der Waals surface area contributed by atoms with E-state index in [2.05, 4.69) is 5.10 Å². The van der Waals surface area contributed by atoms with Gasteiger partial charge in [-0.1, -0.05) is 43.1 Å². The zero-order valence-electron chi connectivity index (χ0n) is 12.8. The molecule has 2 rings (SSSR count). The van der Waals surface area contributed by atoms with Crippen LogP contribution in [0.2, 0.25) is 5.15 Å². The third-order valence-electron chi connectivity index (χ3n) is 3.41. The Balaban J connectivity index is 2.77. The average Bonchev–Trinajstić information content (AvgIpc) is 2.66. The minimum Gasteiger partial charge on any atom is -0.258 e. The molecule has 0 saturated carbocycles. The molecule has 1 aromatic heterocycles. The Kier molecular flexibility index (Phi) is 4.05. The Labute approximate surface area is 128 Å². The van der Waals surface area contributed by atoms with Gasteiger partial charge in [-0.05, 0) is 31.9 Å². The summed E-state index contributed by atoms with van der Waals surface area (Å²) in [6, 6.07) is 4.03. The van der Waals surface area contributed by atoms with E-state index in [1.165, 1.54) is 4.68 Å². The average molecular weight is 308 g/mol. The Morgan fingerprint density at radius 1 is 1.24 bits per heavy atom. The first kappa shape index (κ1) is 15.5. The Hall–Kier alpha value is -1.88. The zero-order valence-corrected chi connectivity index (χ0v) is 13.5. The lowest BCUT2D eigenvalue weighted by atomic mass is 10.1. The van der Waals surface area contributed by atoms with Crippen LogP contribution in [0.5, 0.6) is 0 Å². The lowest BCUT2D eigenvalue weighted by molar-refractivity contribution is -0.385. The van der Waals surface area contributed by atoms with Gasteiger partial charge in [-0.25, -0.2) is 4.68 Å². The SMILES string of the molecule is Cc1cc(C)c(-n2nc(C(C)C)c([N+](=O)[O-])c2Cl)c(C)c1. The summed E-state index contributed by atoms with van der Waals surface area (Å²) in [6.45, 7) is 9.65.